The van der Waals surface area contributed by atoms with Crippen LogP contribution in [-0.2, 0) is 38.0 Å². The molecule has 0 fully saturated rings. The smallest absolute Gasteiger partial charge is 0.309 e. The normalized spacial score (nSPS) is 15.6. The molecule has 2 aromatic carbocycles. The fourth-order valence-corrected chi connectivity index (χ4v) is 4.90. The Labute approximate surface area is 175 Å². The molecule has 1 aliphatic rings. The Kier molecular flexibility index (Phi) is 6.63. The third-order valence-electron chi connectivity index (χ3n) is 5.04. The Bertz CT molecular complexity index is 1010. The van der Waals surface area contributed by atoms with E-state index in [2.05, 4.69) is 4.72 Å². The fourth-order valence-electron chi connectivity index (χ4n) is 3.51. The first kappa shape index (κ1) is 21.8. The molecular weight excluding hydrogens is 414 g/mol. The Morgan fingerprint density at radius 3 is 2.69 bits per heavy atom. The molecule has 0 saturated heterocycles. The summed E-state index contributed by atoms with van der Waals surface area (Å²) in [7, 11) is -3.93. The van der Waals surface area contributed by atoms with Crippen molar-refractivity contribution in [3.05, 3.63) is 64.2 Å². The first-order valence-electron chi connectivity index (χ1n) is 9.49. The van der Waals surface area contributed by atoms with Gasteiger partial charge in [0.15, 0.2) is 0 Å². The van der Waals surface area contributed by atoms with Crippen LogP contribution in [0.4, 0.5) is 0 Å². The van der Waals surface area contributed by atoms with E-state index in [0.717, 1.165) is 24.8 Å². The molecule has 1 atom stereocenters. The zero-order valence-electron chi connectivity index (χ0n) is 16.2. The number of hydrogen-bond donors (Lipinski definition) is 2. The van der Waals surface area contributed by atoms with E-state index >= 15 is 0 Å². The van der Waals surface area contributed by atoms with E-state index in [1.165, 1.54) is 23.8 Å². The highest BCUT2D eigenvalue weighted by molar-refractivity contribution is 7.89. The highest BCUT2D eigenvalue weighted by atomic mass is 35.5. The summed E-state index contributed by atoms with van der Waals surface area (Å²) in [5.74, 6) is -0.600. The van der Waals surface area contributed by atoms with Gasteiger partial charge in [-0.3, -0.25) is 4.79 Å². The van der Waals surface area contributed by atoms with Gasteiger partial charge in [0.25, 0.3) is 0 Å². The first-order valence-corrected chi connectivity index (χ1v) is 11.4. The molecule has 6 nitrogen and oxygen atoms in total. The number of fused-ring (bicyclic) bond motifs is 1. The molecule has 0 aromatic heterocycles. The molecule has 3 rings (SSSR count). The predicted molar refractivity (Wildman–Crippen MR) is 110 cm³/mol. The highest BCUT2D eigenvalue weighted by Crippen LogP contribution is 2.31. The van der Waals surface area contributed by atoms with Crippen LogP contribution in [0.2, 0.25) is 5.02 Å². The van der Waals surface area contributed by atoms with E-state index in [9.17, 15) is 18.3 Å². The van der Waals surface area contributed by atoms with Gasteiger partial charge in [-0.2, -0.15) is 0 Å². The summed E-state index contributed by atoms with van der Waals surface area (Å²) in [4.78, 5) is 12.1. The standard InChI is InChI=1S/C21H24ClNO5S/c1-2-28-20(24)13-21(25,17-10-9-15-5-3-6-16(15)11-17)14-23-29(26,27)19-8-4-7-18(22)12-19/h4,7-12,23,25H,2-3,5-6,13-14H2,1H3. The van der Waals surface area contributed by atoms with E-state index in [-0.39, 0.29) is 29.5 Å². The van der Waals surface area contributed by atoms with Crippen molar-refractivity contribution in [1.82, 2.24) is 4.72 Å². The van der Waals surface area contributed by atoms with Crippen LogP contribution in [0.3, 0.4) is 0 Å². The van der Waals surface area contributed by atoms with Crippen LogP contribution in [-0.4, -0.2) is 32.6 Å². The number of rotatable bonds is 8. The molecule has 156 valence electrons. The molecule has 2 aromatic rings. The monoisotopic (exact) mass is 437 g/mol. The largest absolute Gasteiger partial charge is 0.466 e. The van der Waals surface area contributed by atoms with Gasteiger partial charge in [0.1, 0.15) is 5.60 Å². The second-order valence-electron chi connectivity index (χ2n) is 7.13. The molecule has 1 unspecified atom stereocenters. The van der Waals surface area contributed by atoms with Gasteiger partial charge in [-0.25, -0.2) is 13.1 Å². The number of benzene rings is 2. The number of nitrogens with one attached hydrogen (secondary N) is 1. The summed E-state index contributed by atoms with van der Waals surface area (Å²) in [5, 5.41) is 11.6. The molecule has 8 heteroatoms. The number of esters is 1. The lowest BCUT2D eigenvalue weighted by Gasteiger charge is -2.28. The lowest BCUT2D eigenvalue weighted by molar-refractivity contribution is -0.148. The third kappa shape index (κ3) is 5.17. The lowest BCUT2D eigenvalue weighted by atomic mass is 9.88. The van der Waals surface area contributed by atoms with Crippen LogP contribution >= 0.6 is 11.6 Å². The van der Waals surface area contributed by atoms with E-state index in [0.29, 0.717) is 5.56 Å². The summed E-state index contributed by atoms with van der Waals surface area (Å²) in [6.07, 6.45) is 2.55. The van der Waals surface area contributed by atoms with Crippen molar-refractivity contribution in [1.29, 1.82) is 0 Å². The number of halogens is 1. The van der Waals surface area contributed by atoms with Gasteiger partial charge >= 0.3 is 5.97 Å². The minimum Gasteiger partial charge on any atom is -0.466 e. The lowest BCUT2D eigenvalue weighted by Crippen LogP contribution is -2.42. The molecule has 1 aliphatic carbocycles. The zero-order valence-corrected chi connectivity index (χ0v) is 17.7. The number of carbonyl (C=O) groups is 1. The molecule has 0 heterocycles. The SMILES string of the molecule is CCOC(=O)CC(O)(CNS(=O)(=O)c1cccc(Cl)c1)c1ccc2c(c1)CCC2. The predicted octanol–water partition coefficient (Wildman–Crippen LogP) is 2.95. The number of aryl methyl sites for hydroxylation is 2. The molecular formula is C21H24ClNO5S. The Morgan fingerprint density at radius 1 is 1.21 bits per heavy atom. The van der Waals surface area contributed by atoms with Crippen molar-refractivity contribution in [3.63, 3.8) is 0 Å². The molecule has 0 spiro atoms. The van der Waals surface area contributed by atoms with Crippen molar-refractivity contribution in [2.75, 3.05) is 13.2 Å². The molecule has 0 bridgehead atoms. The minimum atomic E-state index is -3.93. The summed E-state index contributed by atoms with van der Waals surface area (Å²) in [6, 6.07) is 11.4. The van der Waals surface area contributed by atoms with Crippen molar-refractivity contribution in [3.8, 4) is 0 Å². The van der Waals surface area contributed by atoms with Crippen molar-refractivity contribution in [2.45, 2.75) is 43.1 Å². The Morgan fingerprint density at radius 2 is 1.97 bits per heavy atom. The van der Waals surface area contributed by atoms with Crippen molar-refractivity contribution < 1.29 is 23.1 Å². The van der Waals surface area contributed by atoms with E-state index < -0.39 is 21.6 Å². The summed E-state index contributed by atoms with van der Waals surface area (Å²) >= 11 is 5.89. The second-order valence-corrected chi connectivity index (χ2v) is 9.34. The van der Waals surface area contributed by atoms with Gasteiger partial charge in [0.2, 0.25) is 10.0 Å². The van der Waals surface area contributed by atoms with Crippen LogP contribution in [0.1, 0.15) is 36.5 Å². The average Bonchev–Trinajstić information content (AvgIpc) is 3.14. The highest BCUT2D eigenvalue weighted by Gasteiger charge is 2.35. The first-order chi connectivity index (χ1) is 13.7. The van der Waals surface area contributed by atoms with Crippen molar-refractivity contribution >= 4 is 27.6 Å². The van der Waals surface area contributed by atoms with Gasteiger partial charge in [-0.1, -0.05) is 35.9 Å². The number of hydrogen-bond acceptors (Lipinski definition) is 5. The van der Waals surface area contributed by atoms with Crippen LogP contribution in [0.25, 0.3) is 0 Å². The number of ether oxygens (including phenoxy) is 1. The van der Waals surface area contributed by atoms with Gasteiger partial charge < -0.3 is 9.84 Å². The van der Waals surface area contributed by atoms with Crippen LogP contribution < -0.4 is 4.72 Å². The number of carbonyl (C=O) groups excluding carboxylic acids is 1. The van der Waals surface area contributed by atoms with Gasteiger partial charge in [0.05, 0.1) is 17.9 Å². The summed E-state index contributed by atoms with van der Waals surface area (Å²) in [6.45, 7) is 1.47. The topological polar surface area (TPSA) is 92.7 Å². The van der Waals surface area contributed by atoms with Crippen LogP contribution in [0.5, 0.6) is 0 Å². The average molecular weight is 438 g/mol. The molecule has 0 saturated carbocycles. The van der Waals surface area contributed by atoms with Crippen LogP contribution in [0, 0.1) is 0 Å². The van der Waals surface area contributed by atoms with Gasteiger partial charge in [-0.05, 0) is 61.1 Å². The van der Waals surface area contributed by atoms with E-state index in [1.54, 1.807) is 19.1 Å². The Balaban J connectivity index is 1.88. The molecule has 0 radical (unpaired) electrons. The maximum atomic E-state index is 12.7. The Hall–Kier alpha value is -1.93. The molecule has 2 N–H and O–H groups in total. The molecule has 0 aliphatic heterocycles. The van der Waals surface area contributed by atoms with Gasteiger partial charge in [0, 0.05) is 11.6 Å². The molecule has 0 amide bonds. The third-order valence-corrected chi connectivity index (χ3v) is 6.67. The van der Waals surface area contributed by atoms with E-state index in [4.69, 9.17) is 16.3 Å². The number of aliphatic hydroxyl groups is 1. The maximum absolute atomic E-state index is 12.7. The summed E-state index contributed by atoms with van der Waals surface area (Å²) in [5.41, 5.74) is 1.07. The van der Waals surface area contributed by atoms with E-state index in [1.807, 2.05) is 12.1 Å². The maximum Gasteiger partial charge on any atom is 0.309 e. The summed E-state index contributed by atoms with van der Waals surface area (Å²) < 4.78 is 32.7. The minimum absolute atomic E-state index is 0.0163. The quantitative estimate of drug-likeness (QED) is 0.619. The second kappa shape index (κ2) is 8.83. The van der Waals surface area contributed by atoms with Gasteiger partial charge in [-0.15, -0.1) is 0 Å². The van der Waals surface area contributed by atoms with Crippen LogP contribution in [0.15, 0.2) is 47.4 Å². The van der Waals surface area contributed by atoms with Crippen molar-refractivity contribution in [2.24, 2.45) is 0 Å². The molecule has 29 heavy (non-hydrogen) atoms. The fraction of sp³-hybridized carbons (Fsp3) is 0.381. The zero-order chi connectivity index (χ0) is 21.1. The number of sulfonamides is 1.